The molecule has 0 N–H and O–H groups in total. The zero-order valence-corrected chi connectivity index (χ0v) is 14.7. The van der Waals surface area contributed by atoms with Crippen LogP contribution >= 0.6 is 0 Å². The van der Waals surface area contributed by atoms with Crippen molar-refractivity contribution in [2.75, 3.05) is 0 Å². The molecule has 0 aliphatic heterocycles. The fourth-order valence-electron chi connectivity index (χ4n) is 2.13. The Morgan fingerprint density at radius 2 is 1.10 bits per heavy atom. The maximum absolute atomic E-state index is 2.23. The molecule has 0 aliphatic rings. The summed E-state index contributed by atoms with van der Waals surface area (Å²) in [6.45, 7) is 14.4. The molecule has 0 radical (unpaired) electrons. The van der Waals surface area contributed by atoms with Gasteiger partial charge in [-0.3, -0.25) is 0 Å². The van der Waals surface area contributed by atoms with Crippen LogP contribution in [0.2, 0.25) is 0 Å². The standard InChI is InChI=1S/C17H18.2C2H6/c1-4-17(15-9-5-7-13(2)11-15)16-10-6-8-14(3)12-16;2*1-2/h4-12H,1-3H3;2*1-2H3. The summed E-state index contributed by atoms with van der Waals surface area (Å²) in [5.41, 5.74) is 6.48. The maximum atomic E-state index is 2.23. The second-order valence-corrected chi connectivity index (χ2v) is 4.44. The van der Waals surface area contributed by atoms with Gasteiger partial charge in [-0.05, 0) is 37.5 Å². The predicted molar refractivity (Wildman–Crippen MR) is 97.8 cm³/mol. The first kappa shape index (κ1) is 19.2. The third-order valence-corrected chi connectivity index (χ3v) is 2.95. The number of hydrogen-bond acceptors (Lipinski definition) is 0. The van der Waals surface area contributed by atoms with Gasteiger partial charge in [-0.25, -0.2) is 0 Å². The van der Waals surface area contributed by atoms with Crippen LogP contribution in [0.1, 0.15) is 56.9 Å². The van der Waals surface area contributed by atoms with Crippen molar-refractivity contribution in [3.8, 4) is 0 Å². The van der Waals surface area contributed by atoms with Crippen LogP contribution in [0.15, 0.2) is 54.6 Å². The Morgan fingerprint density at radius 1 is 0.714 bits per heavy atom. The number of rotatable bonds is 2. The normalized spacial score (nSPS) is 8.71. The van der Waals surface area contributed by atoms with E-state index in [2.05, 4.69) is 75.4 Å². The van der Waals surface area contributed by atoms with Crippen molar-refractivity contribution in [2.24, 2.45) is 0 Å². The van der Waals surface area contributed by atoms with Crippen LogP contribution in [-0.2, 0) is 0 Å². The fourth-order valence-corrected chi connectivity index (χ4v) is 2.13. The molecular weight excluding hydrogens is 252 g/mol. The van der Waals surface area contributed by atoms with Gasteiger partial charge in [0.1, 0.15) is 0 Å². The third kappa shape index (κ3) is 5.99. The molecule has 0 amide bonds. The van der Waals surface area contributed by atoms with Crippen LogP contribution in [0, 0.1) is 13.8 Å². The van der Waals surface area contributed by atoms with Crippen molar-refractivity contribution < 1.29 is 0 Å². The summed E-state index contributed by atoms with van der Waals surface area (Å²) in [6.07, 6.45) is 2.18. The average Bonchev–Trinajstić information content (AvgIpc) is 2.52. The molecule has 0 bridgehead atoms. The van der Waals surface area contributed by atoms with E-state index in [-0.39, 0.29) is 0 Å². The van der Waals surface area contributed by atoms with Gasteiger partial charge in [0.2, 0.25) is 0 Å². The molecular formula is C21H30. The van der Waals surface area contributed by atoms with Crippen molar-refractivity contribution in [3.63, 3.8) is 0 Å². The molecule has 2 aromatic rings. The van der Waals surface area contributed by atoms with Gasteiger partial charge < -0.3 is 0 Å². The smallest absolute Gasteiger partial charge is 0.0154 e. The number of aryl methyl sites for hydroxylation is 2. The topological polar surface area (TPSA) is 0 Å². The van der Waals surface area contributed by atoms with Gasteiger partial charge in [0.05, 0.1) is 0 Å². The first-order valence-corrected chi connectivity index (χ1v) is 8.01. The van der Waals surface area contributed by atoms with Crippen LogP contribution in [0.25, 0.3) is 5.57 Å². The lowest BCUT2D eigenvalue weighted by atomic mass is 9.95. The van der Waals surface area contributed by atoms with Crippen LogP contribution < -0.4 is 0 Å². The van der Waals surface area contributed by atoms with E-state index in [0.717, 1.165) is 0 Å². The van der Waals surface area contributed by atoms with Crippen molar-refractivity contribution in [2.45, 2.75) is 48.5 Å². The first-order chi connectivity index (χ1) is 10.2. The van der Waals surface area contributed by atoms with Gasteiger partial charge >= 0.3 is 0 Å². The summed E-state index contributed by atoms with van der Waals surface area (Å²) in [5, 5.41) is 0. The molecule has 0 heteroatoms. The highest BCUT2D eigenvalue weighted by atomic mass is 14.1. The van der Waals surface area contributed by atoms with E-state index in [4.69, 9.17) is 0 Å². The lowest BCUT2D eigenvalue weighted by Gasteiger charge is -2.09. The van der Waals surface area contributed by atoms with Crippen molar-refractivity contribution in [1.82, 2.24) is 0 Å². The Balaban J connectivity index is 0.000000921. The van der Waals surface area contributed by atoms with E-state index in [1.807, 2.05) is 27.7 Å². The molecule has 2 rings (SSSR count). The average molecular weight is 282 g/mol. The zero-order valence-electron chi connectivity index (χ0n) is 14.7. The highest BCUT2D eigenvalue weighted by Crippen LogP contribution is 2.24. The van der Waals surface area contributed by atoms with Gasteiger partial charge in [0.25, 0.3) is 0 Å². The molecule has 0 aromatic heterocycles. The minimum atomic E-state index is 1.29. The SMILES string of the molecule is CC.CC.CC=C(c1cccc(C)c1)c1cccc(C)c1. The van der Waals surface area contributed by atoms with E-state index in [1.165, 1.54) is 27.8 Å². The number of benzene rings is 2. The highest BCUT2D eigenvalue weighted by molar-refractivity contribution is 5.80. The molecule has 0 saturated heterocycles. The van der Waals surface area contributed by atoms with Gasteiger partial charge in [-0.15, -0.1) is 0 Å². The summed E-state index contributed by atoms with van der Waals surface area (Å²) >= 11 is 0. The van der Waals surface area contributed by atoms with E-state index < -0.39 is 0 Å². The van der Waals surface area contributed by atoms with Crippen molar-refractivity contribution >= 4 is 5.57 Å². The highest BCUT2D eigenvalue weighted by Gasteiger charge is 2.03. The van der Waals surface area contributed by atoms with Crippen LogP contribution in [-0.4, -0.2) is 0 Å². The molecule has 0 unspecified atom stereocenters. The Labute approximate surface area is 131 Å². The largest absolute Gasteiger partial charge is 0.0792 e. The summed E-state index contributed by atoms with van der Waals surface area (Å²) in [5.74, 6) is 0. The van der Waals surface area contributed by atoms with Crippen LogP contribution in [0.3, 0.4) is 0 Å². The molecule has 21 heavy (non-hydrogen) atoms. The number of allylic oxidation sites excluding steroid dienone is 1. The summed E-state index contributed by atoms with van der Waals surface area (Å²) in [4.78, 5) is 0. The van der Waals surface area contributed by atoms with Crippen LogP contribution in [0.4, 0.5) is 0 Å². The zero-order chi connectivity index (χ0) is 16.3. The second kappa shape index (κ2) is 10.9. The molecule has 0 saturated carbocycles. The first-order valence-electron chi connectivity index (χ1n) is 8.01. The molecule has 114 valence electrons. The lowest BCUT2D eigenvalue weighted by Crippen LogP contribution is -1.89. The van der Waals surface area contributed by atoms with Crippen molar-refractivity contribution in [3.05, 3.63) is 76.9 Å². The summed E-state index contributed by atoms with van der Waals surface area (Å²) in [6, 6.07) is 17.3. The fraction of sp³-hybridized carbons (Fsp3) is 0.333. The molecule has 0 atom stereocenters. The van der Waals surface area contributed by atoms with Gasteiger partial charge in [-0.1, -0.05) is 93.4 Å². The van der Waals surface area contributed by atoms with E-state index in [9.17, 15) is 0 Å². The van der Waals surface area contributed by atoms with E-state index >= 15 is 0 Å². The molecule has 0 heterocycles. The van der Waals surface area contributed by atoms with E-state index in [0.29, 0.717) is 0 Å². The minimum Gasteiger partial charge on any atom is -0.0792 e. The molecule has 0 nitrogen and oxygen atoms in total. The molecule has 0 aliphatic carbocycles. The van der Waals surface area contributed by atoms with Gasteiger partial charge in [-0.2, -0.15) is 0 Å². The van der Waals surface area contributed by atoms with Gasteiger partial charge in [0.15, 0.2) is 0 Å². The van der Waals surface area contributed by atoms with E-state index in [1.54, 1.807) is 0 Å². The minimum absolute atomic E-state index is 1.29. The Morgan fingerprint density at radius 3 is 1.38 bits per heavy atom. The maximum Gasteiger partial charge on any atom is -0.0154 e. The Kier molecular flexibility index (Phi) is 9.96. The Bertz CT molecular complexity index is 500. The second-order valence-electron chi connectivity index (χ2n) is 4.44. The predicted octanol–water partition coefficient (Wildman–Crippen LogP) is 6.81. The summed E-state index contributed by atoms with van der Waals surface area (Å²) in [7, 11) is 0. The molecule has 0 fully saturated rings. The Hall–Kier alpha value is -1.82. The number of hydrogen-bond donors (Lipinski definition) is 0. The quantitative estimate of drug-likeness (QED) is 0.567. The van der Waals surface area contributed by atoms with Crippen molar-refractivity contribution in [1.29, 1.82) is 0 Å². The van der Waals surface area contributed by atoms with Gasteiger partial charge in [0, 0.05) is 0 Å². The summed E-state index contributed by atoms with van der Waals surface area (Å²) < 4.78 is 0. The van der Waals surface area contributed by atoms with Crippen LogP contribution in [0.5, 0.6) is 0 Å². The molecule has 0 spiro atoms. The monoisotopic (exact) mass is 282 g/mol. The third-order valence-electron chi connectivity index (χ3n) is 2.95. The lowest BCUT2D eigenvalue weighted by molar-refractivity contribution is 1.41. The molecule has 2 aromatic carbocycles.